The Hall–Kier alpha value is -1.12. The molecule has 2 heterocycles. The van der Waals surface area contributed by atoms with Gasteiger partial charge in [0.25, 0.3) is 0 Å². The fraction of sp³-hybridized carbons (Fsp3) is 0.833. The Morgan fingerprint density at radius 2 is 2.24 bits per heavy atom. The monoisotopic (exact) mass is 237 g/mol. The summed E-state index contributed by atoms with van der Waals surface area (Å²) < 4.78 is 5.30. The lowest BCUT2D eigenvalue weighted by atomic mass is 10.1. The third kappa shape index (κ3) is 2.96. The Bertz CT molecular complexity index is 320. The maximum Gasteiger partial charge on any atom is 0.224 e. The third-order valence-corrected chi connectivity index (χ3v) is 3.50. The molecule has 2 fully saturated rings. The SMILES string of the molecule is CC(CN1CCOCC1)N1CC(C#N)CC1=O. The average molecular weight is 237 g/mol. The summed E-state index contributed by atoms with van der Waals surface area (Å²) >= 11 is 0. The lowest BCUT2D eigenvalue weighted by molar-refractivity contribution is -0.129. The number of hydrogen-bond donors (Lipinski definition) is 0. The number of ether oxygens (including phenoxy) is 1. The van der Waals surface area contributed by atoms with Crippen LogP contribution in [0, 0.1) is 17.2 Å². The Kier molecular flexibility index (Phi) is 3.97. The number of likely N-dealkylation sites (tertiary alicyclic amines) is 1. The third-order valence-electron chi connectivity index (χ3n) is 3.50. The number of rotatable bonds is 3. The van der Waals surface area contributed by atoms with E-state index in [0.717, 1.165) is 32.8 Å². The molecule has 0 aromatic rings. The second-order valence-electron chi connectivity index (χ2n) is 4.84. The maximum atomic E-state index is 11.8. The molecule has 2 aliphatic rings. The van der Waals surface area contributed by atoms with Crippen molar-refractivity contribution < 1.29 is 9.53 Å². The van der Waals surface area contributed by atoms with Crippen molar-refractivity contribution in [2.75, 3.05) is 39.4 Å². The predicted molar refractivity (Wildman–Crippen MR) is 62.2 cm³/mol. The summed E-state index contributed by atoms with van der Waals surface area (Å²) in [6.07, 6.45) is 0.393. The van der Waals surface area contributed by atoms with E-state index in [1.807, 2.05) is 4.90 Å². The minimum atomic E-state index is -0.116. The molecule has 17 heavy (non-hydrogen) atoms. The molecule has 0 aromatic heterocycles. The van der Waals surface area contributed by atoms with E-state index in [1.165, 1.54) is 0 Å². The second kappa shape index (κ2) is 5.48. The van der Waals surface area contributed by atoms with Crippen LogP contribution < -0.4 is 0 Å². The van der Waals surface area contributed by atoms with Gasteiger partial charge < -0.3 is 9.64 Å². The molecule has 2 aliphatic heterocycles. The quantitative estimate of drug-likeness (QED) is 0.697. The van der Waals surface area contributed by atoms with Gasteiger partial charge in [0.05, 0.1) is 25.2 Å². The zero-order chi connectivity index (χ0) is 12.3. The minimum absolute atomic E-state index is 0.116. The largest absolute Gasteiger partial charge is 0.379 e. The second-order valence-corrected chi connectivity index (χ2v) is 4.84. The van der Waals surface area contributed by atoms with Crippen LogP contribution >= 0.6 is 0 Å². The van der Waals surface area contributed by atoms with Crippen molar-refractivity contribution in [3.8, 4) is 6.07 Å². The van der Waals surface area contributed by atoms with Gasteiger partial charge in [-0.1, -0.05) is 0 Å². The molecule has 0 radical (unpaired) electrons. The van der Waals surface area contributed by atoms with E-state index in [4.69, 9.17) is 10.00 Å². The number of morpholine rings is 1. The first kappa shape index (κ1) is 12.3. The van der Waals surface area contributed by atoms with Crippen LogP contribution in [0.4, 0.5) is 0 Å². The molecule has 2 rings (SSSR count). The number of hydrogen-bond acceptors (Lipinski definition) is 4. The molecule has 5 heteroatoms. The summed E-state index contributed by atoms with van der Waals surface area (Å²) in [5.74, 6) is 0.00643. The Balaban J connectivity index is 1.85. The fourth-order valence-electron chi connectivity index (χ4n) is 2.50. The molecule has 2 unspecified atom stereocenters. The van der Waals surface area contributed by atoms with Crippen LogP contribution in [0.25, 0.3) is 0 Å². The highest BCUT2D eigenvalue weighted by molar-refractivity contribution is 5.79. The number of nitrogens with zero attached hydrogens (tertiary/aromatic N) is 3. The zero-order valence-corrected chi connectivity index (χ0v) is 10.3. The van der Waals surface area contributed by atoms with Gasteiger partial charge in [-0.2, -0.15) is 5.26 Å². The molecule has 94 valence electrons. The predicted octanol–water partition coefficient (Wildman–Crippen LogP) is 0.0792. The molecule has 0 bridgehead atoms. The van der Waals surface area contributed by atoms with Gasteiger partial charge in [0.2, 0.25) is 5.91 Å². The van der Waals surface area contributed by atoms with Crippen LogP contribution in [0.15, 0.2) is 0 Å². The van der Waals surface area contributed by atoms with Crippen LogP contribution in [-0.4, -0.2) is 61.1 Å². The lowest BCUT2D eigenvalue weighted by Crippen LogP contribution is -2.46. The van der Waals surface area contributed by atoms with Crippen molar-refractivity contribution in [3.05, 3.63) is 0 Å². The van der Waals surface area contributed by atoms with Gasteiger partial charge in [-0.3, -0.25) is 9.69 Å². The molecule has 0 saturated carbocycles. The van der Waals surface area contributed by atoms with E-state index in [9.17, 15) is 4.79 Å². The van der Waals surface area contributed by atoms with Crippen molar-refractivity contribution >= 4 is 5.91 Å². The standard InChI is InChI=1S/C12H19N3O2/c1-10(8-14-2-4-17-5-3-14)15-9-11(7-13)6-12(15)16/h10-11H,2-6,8-9H2,1H3. The van der Waals surface area contributed by atoms with E-state index in [2.05, 4.69) is 17.9 Å². The van der Waals surface area contributed by atoms with Crippen molar-refractivity contribution in [2.45, 2.75) is 19.4 Å². The molecule has 0 N–H and O–H groups in total. The van der Waals surface area contributed by atoms with E-state index in [0.29, 0.717) is 13.0 Å². The summed E-state index contributed by atoms with van der Waals surface area (Å²) in [6, 6.07) is 2.38. The van der Waals surface area contributed by atoms with Gasteiger partial charge in [-0.05, 0) is 6.92 Å². The number of nitriles is 1. The van der Waals surface area contributed by atoms with Crippen LogP contribution in [0.1, 0.15) is 13.3 Å². The topological polar surface area (TPSA) is 56.6 Å². The Labute approximate surface area is 102 Å². The molecular weight excluding hydrogens is 218 g/mol. The molecule has 2 atom stereocenters. The van der Waals surface area contributed by atoms with Gasteiger partial charge in [0.1, 0.15) is 0 Å². The van der Waals surface area contributed by atoms with Gasteiger partial charge in [0.15, 0.2) is 0 Å². The van der Waals surface area contributed by atoms with E-state index >= 15 is 0 Å². The Morgan fingerprint density at radius 1 is 1.53 bits per heavy atom. The zero-order valence-electron chi connectivity index (χ0n) is 10.3. The van der Waals surface area contributed by atoms with Crippen molar-refractivity contribution in [3.63, 3.8) is 0 Å². The minimum Gasteiger partial charge on any atom is -0.379 e. The highest BCUT2D eigenvalue weighted by atomic mass is 16.5. The first-order valence-corrected chi connectivity index (χ1v) is 6.20. The highest BCUT2D eigenvalue weighted by Gasteiger charge is 2.33. The van der Waals surface area contributed by atoms with Crippen LogP contribution in [-0.2, 0) is 9.53 Å². The molecule has 1 amide bonds. The summed E-state index contributed by atoms with van der Waals surface area (Å²) in [5, 5.41) is 8.85. The van der Waals surface area contributed by atoms with E-state index in [-0.39, 0.29) is 17.9 Å². The molecule has 5 nitrogen and oxygen atoms in total. The van der Waals surface area contributed by atoms with Gasteiger partial charge in [-0.25, -0.2) is 0 Å². The molecule has 0 spiro atoms. The average Bonchev–Trinajstić information content (AvgIpc) is 2.72. The fourth-order valence-corrected chi connectivity index (χ4v) is 2.50. The van der Waals surface area contributed by atoms with Crippen molar-refractivity contribution in [1.82, 2.24) is 9.80 Å². The van der Waals surface area contributed by atoms with Crippen LogP contribution in [0.5, 0.6) is 0 Å². The summed E-state index contributed by atoms with van der Waals surface area (Å²) in [4.78, 5) is 15.9. The highest BCUT2D eigenvalue weighted by Crippen LogP contribution is 2.19. The molecule has 2 saturated heterocycles. The van der Waals surface area contributed by atoms with Crippen molar-refractivity contribution in [2.24, 2.45) is 5.92 Å². The molecular formula is C12H19N3O2. The number of carbonyl (C=O) groups excluding carboxylic acids is 1. The normalized spacial score (nSPS) is 28.1. The lowest BCUT2D eigenvalue weighted by Gasteiger charge is -2.33. The van der Waals surface area contributed by atoms with Gasteiger partial charge >= 0.3 is 0 Å². The Morgan fingerprint density at radius 3 is 2.82 bits per heavy atom. The van der Waals surface area contributed by atoms with Crippen molar-refractivity contribution in [1.29, 1.82) is 5.26 Å². The van der Waals surface area contributed by atoms with E-state index in [1.54, 1.807) is 0 Å². The number of carbonyl (C=O) groups is 1. The van der Waals surface area contributed by atoms with Gasteiger partial charge in [0, 0.05) is 38.6 Å². The first-order valence-electron chi connectivity index (χ1n) is 6.20. The van der Waals surface area contributed by atoms with Crippen LogP contribution in [0.2, 0.25) is 0 Å². The summed E-state index contributed by atoms with van der Waals surface area (Å²) in [6.45, 7) is 6.98. The van der Waals surface area contributed by atoms with Gasteiger partial charge in [-0.15, -0.1) is 0 Å². The van der Waals surface area contributed by atoms with E-state index < -0.39 is 0 Å². The first-order chi connectivity index (χ1) is 8.20. The smallest absolute Gasteiger partial charge is 0.224 e. The molecule has 0 aliphatic carbocycles. The maximum absolute atomic E-state index is 11.8. The summed E-state index contributed by atoms with van der Waals surface area (Å²) in [7, 11) is 0. The molecule has 0 aromatic carbocycles. The number of amides is 1. The summed E-state index contributed by atoms with van der Waals surface area (Å²) in [5.41, 5.74) is 0. The van der Waals surface area contributed by atoms with Crippen LogP contribution in [0.3, 0.4) is 0 Å².